The minimum atomic E-state index is 0.243. The highest BCUT2D eigenvalue weighted by Gasteiger charge is 2.23. The zero-order valence-electron chi connectivity index (χ0n) is 21.7. The fourth-order valence-electron chi connectivity index (χ4n) is 4.49. The normalized spacial score (nSPS) is 18.3. The molecule has 4 aromatic rings. The molecule has 4 aromatic heterocycles. The van der Waals surface area contributed by atoms with Gasteiger partial charge in [-0.25, -0.2) is 4.98 Å². The van der Waals surface area contributed by atoms with E-state index in [9.17, 15) is 0 Å². The molecule has 0 amide bonds. The lowest BCUT2D eigenvalue weighted by atomic mass is 10.4. The molecule has 0 saturated carbocycles. The molecule has 0 unspecified atom stereocenters. The molecular weight excluding hydrogens is 617 g/mol. The Labute approximate surface area is 253 Å². The highest BCUT2D eigenvalue weighted by Crippen LogP contribution is 2.36. The van der Waals surface area contributed by atoms with Crippen molar-refractivity contribution in [1.82, 2.24) is 29.9 Å². The van der Waals surface area contributed by atoms with Crippen molar-refractivity contribution < 1.29 is 14.2 Å². The Morgan fingerprint density at radius 3 is 1.55 bits per heavy atom. The summed E-state index contributed by atoms with van der Waals surface area (Å²) in [7, 11) is 0. The van der Waals surface area contributed by atoms with Crippen LogP contribution in [-0.4, -0.2) is 115 Å². The number of thiazole rings is 2. The Balaban J connectivity index is 0.000000148. The van der Waals surface area contributed by atoms with Crippen LogP contribution in [0.3, 0.4) is 0 Å². The fraction of sp³-hybridized carbons (Fsp3) is 0.565. The molecule has 0 aliphatic carbocycles. The number of halogens is 2. The van der Waals surface area contributed by atoms with E-state index in [1.54, 1.807) is 34.4 Å². The van der Waals surface area contributed by atoms with Crippen molar-refractivity contribution in [2.75, 3.05) is 99.9 Å². The second kappa shape index (κ2) is 13.0. The van der Waals surface area contributed by atoms with E-state index in [1.165, 1.54) is 0 Å². The van der Waals surface area contributed by atoms with Crippen LogP contribution in [0.5, 0.6) is 0 Å². The van der Waals surface area contributed by atoms with Gasteiger partial charge in [-0.05, 0) is 29.5 Å². The van der Waals surface area contributed by atoms with E-state index >= 15 is 0 Å². The number of rotatable bonds is 4. The van der Waals surface area contributed by atoms with Crippen molar-refractivity contribution in [2.45, 2.75) is 4.34 Å². The standard InChI is InChI=1S/C13H16ClN5O2S.C10H11ClN4OS2/c14-12-15-10-9(11(17-12)18-1-5-20-6-2-18)22-13(16-10)19-3-7-21-8-4-19;1-17-10-13-7-6(18-10)8(14-9(11)12-7)15-2-4-16-5-3-15/h1-8H2;2-5H2,1H3. The van der Waals surface area contributed by atoms with Crippen LogP contribution in [0.15, 0.2) is 4.34 Å². The topological polar surface area (TPSA) is 115 Å². The molecule has 3 saturated heterocycles. The Morgan fingerprint density at radius 2 is 1.05 bits per heavy atom. The summed E-state index contributed by atoms with van der Waals surface area (Å²) >= 11 is 16.9. The predicted octanol–water partition coefficient (Wildman–Crippen LogP) is 3.71. The van der Waals surface area contributed by atoms with Crippen LogP contribution in [0.4, 0.5) is 16.8 Å². The zero-order chi connectivity index (χ0) is 27.5. The van der Waals surface area contributed by atoms with Gasteiger partial charge in [-0.1, -0.05) is 23.1 Å². The van der Waals surface area contributed by atoms with Crippen LogP contribution in [0.1, 0.15) is 0 Å². The lowest BCUT2D eigenvalue weighted by Gasteiger charge is -2.28. The molecule has 12 nitrogen and oxygen atoms in total. The van der Waals surface area contributed by atoms with Gasteiger partial charge in [-0.2, -0.15) is 24.9 Å². The third-order valence-corrected chi connectivity index (χ3v) is 9.93. The fourth-order valence-corrected chi connectivity index (χ4v) is 7.41. The minimum Gasteiger partial charge on any atom is -0.378 e. The minimum absolute atomic E-state index is 0.243. The first-order valence-corrected chi connectivity index (χ1v) is 16.4. The predicted molar refractivity (Wildman–Crippen MR) is 161 cm³/mol. The summed E-state index contributed by atoms with van der Waals surface area (Å²) in [6, 6.07) is 0. The van der Waals surface area contributed by atoms with Gasteiger partial charge in [0, 0.05) is 39.3 Å². The average Bonchev–Trinajstić information content (AvgIpc) is 3.62. The molecule has 0 aromatic carbocycles. The van der Waals surface area contributed by atoms with Gasteiger partial charge >= 0.3 is 0 Å². The molecule has 17 heteroatoms. The Kier molecular flexibility index (Phi) is 9.18. The van der Waals surface area contributed by atoms with Gasteiger partial charge in [0.2, 0.25) is 10.6 Å². The molecule has 0 radical (unpaired) electrons. The summed E-state index contributed by atoms with van der Waals surface area (Å²) < 4.78 is 19.1. The molecule has 7 rings (SSSR count). The van der Waals surface area contributed by atoms with Gasteiger partial charge in [0.15, 0.2) is 32.4 Å². The van der Waals surface area contributed by atoms with Gasteiger partial charge in [0.25, 0.3) is 0 Å². The molecule has 214 valence electrons. The van der Waals surface area contributed by atoms with E-state index in [2.05, 4.69) is 44.6 Å². The number of anilines is 3. The van der Waals surface area contributed by atoms with Crippen LogP contribution in [0.2, 0.25) is 10.6 Å². The molecule has 0 N–H and O–H groups in total. The van der Waals surface area contributed by atoms with E-state index in [1.807, 2.05) is 6.26 Å². The number of hydrogen-bond acceptors (Lipinski definition) is 15. The van der Waals surface area contributed by atoms with Gasteiger partial charge in [-0.15, -0.1) is 11.3 Å². The first kappa shape index (κ1) is 28.3. The highest BCUT2D eigenvalue weighted by molar-refractivity contribution is 8.00. The van der Waals surface area contributed by atoms with Crippen molar-refractivity contribution in [3.63, 3.8) is 0 Å². The number of aromatic nitrogens is 6. The maximum atomic E-state index is 6.09. The summed E-state index contributed by atoms with van der Waals surface area (Å²) in [4.78, 5) is 33.0. The Bertz CT molecular complexity index is 1460. The molecule has 40 heavy (non-hydrogen) atoms. The summed E-state index contributed by atoms with van der Waals surface area (Å²) in [5, 5.41) is 1.46. The zero-order valence-corrected chi connectivity index (χ0v) is 25.7. The summed E-state index contributed by atoms with van der Waals surface area (Å²) in [6.07, 6.45) is 2.00. The number of ether oxygens (including phenoxy) is 3. The van der Waals surface area contributed by atoms with Crippen molar-refractivity contribution in [3.05, 3.63) is 10.6 Å². The van der Waals surface area contributed by atoms with Gasteiger partial charge in [0.1, 0.15) is 9.40 Å². The van der Waals surface area contributed by atoms with E-state index in [-0.39, 0.29) is 10.6 Å². The first-order chi connectivity index (χ1) is 19.6. The molecule has 0 spiro atoms. The smallest absolute Gasteiger partial charge is 0.226 e. The summed E-state index contributed by atoms with van der Waals surface area (Å²) in [6.45, 7) is 9.31. The molecule has 7 heterocycles. The first-order valence-electron chi connectivity index (χ1n) is 12.8. The number of morpholine rings is 3. The molecule has 3 aliphatic heterocycles. The molecule has 3 fully saturated rings. The third kappa shape index (κ3) is 6.31. The van der Waals surface area contributed by atoms with E-state index < -0.39 is 0 Å². The second-order valence-corrected chi connectivity index (χ2v) is 12.6. The number of thioether (sulfide) groups is 1. The second-order valence-electron chi connectivity index (χ2n) is 8.92. The van der Waals surface area contributed by atoms with Crippen molar-refractivity contribution >= 4 is 95.1 Å². The largest absolute Gasteiger partial charge is 0.378 e. The number of nitrogens with zero attached hydrogens (tertiary/aromatic N) is 9. The van der Waals surface area contributed by atoms with Crippen molar-refractivity contribution in [2.24, 2.45) is 0 Å². The monoisotopic (exact) mass is 643 g/mol. The van der Waals surface area contributed by atoms with Gasteiger partial charge in [0.05, 0.1) is 39.6 Å². The maximum absolute atomic E-state index is 6.09. The molecular formula is C23H27Cl2N9O3S3. The molecule has 0 atom stereocenters. The number of fused-ring (bicyclic) bond motifs is 2. The van der Waals surface area contributed by atoms with Gasteiger partial charge in [-0.3, -0.25) is 0 Å². The molecule has 0 bridgehead atoms. The quantitative estimate of drug-likeness (QED) is 0.238. The Hall–Kier alpha value is -1.85. The van der Waals surface area contributed by atoms with Gasteiger partial charge < -0.3 is 28.9 Å². The third-order valence-electron chi connectivity index (χ3n) is 6.46. The van der Waals surface area contributed by atoms with Crippen molar-refractivity contribution in [1.29, 1.82) is 0 Å². The summed E-state index contributed by atoms with van der Waals surface area (Å²) in [5.41, 5.74) is 1.36. The Morgan fingerprint density at radius 1 is 0.600 bits per heavy atom. The van der Waals surface area contributed by atoms with E-state index in [4.69, 9.17) is 37.4 Å². The van der Waals surface area contributed by atoms with Crippen LogP contribution >= 0.6 is 57.6 Å². The highest BCUT2D eigenvalue weighted by atomic mass is 35.5. The SMILES string of the molecule is CSc1nc2nc(Cl)nc(N3CCOCC3)c2s1.Clc1nc(N2CCOCC2)c2sc(N3CCOCC3)nc2n1. The van der Waals surface area contributed by atoms with E-state index in [0.717, 1.165) is 96.2 Å². The lowest BCUT2D eigenvalue weighted by Crippen LogP contribution is -2.36. The van der Waals surface area contributed by atoms with Crippen molar-refractivity contribution in [3.8, 4) is 0 Å². The molecule has 3 aliphatic rings. The average molecular weight is 645 g/mol. The lowest BCUT2D eigenvalue weighted by molar-refractivity contribution is 0.122. The van der Waals surface area contributed by atoms with Crippen LogP contribution in [0.25, 0.3) is 20.7 Å². The van der Waals surface area contributed by atoms with Crippen LogP contribution in [-0.2, 0) is 14.2 Å². The van der Waals surface area contributed by atoms with Crippen LogP contribution < -0.4 is 14.7 Å². The van der Waals surface area contributed by atoms with Crippen LogP contribution in [0, 0.1) is 0 Å². The van der Waals surface area contributed by atoms with E-state index in [0.29, 0.717) is 24.5 Å². The number of hydrogen-bond donors (Lipinski definition) is 0. The maximum Gasteiger partial charge on any atom is 0.226 e. The summed E-state index contributed by atoms with van der Waals surface area (Å²) in [5.74, 6) is 1.75.